The number of alkyl halides is 3. The van der Waals surface area contributed by atoms with Gasteiger partial charge in [0, 0.05) is 17.5 Å². The second-order valence-electron chi connectivity index (χ2n) is 9.69. The lowest BCUT2D eigenvalue weighted by molar-refractivity contribution is -0.137. The van der Waals surface area contributed by atoms with Crippen molar-refractivity contribution >= 4 is 0 Å². The summed E-state index contributed by atoms with van der Waals surface area (Å²) in [6.07, 6.45) is -4.77. The van der Waals surface area contributed by atoms with Gasteiger partial charge in [0.1, 0.15) is 17.5 Å². The Hall–Kier alpha value is -2.97. The number of hydrogen-bond acceptors (Lipinski definition) is 4. The van der Waals surface area contributed by atoms with Crippen LogP contribution in [0, 0.1) is 5.82 Å². The van der Waals surface area contributed by atoms with E-state index in [2.05, 4.69) is 0 Å². The van der Waals surface area contributed by atoms with Gasteiger partial charge in [-0.25, -0.2) is 9.37 Å². The van der Waals surface area contributed by atoms with Crippen molar-refractivity contribution in [3.63, 3.8) is 0 Å². The number of aliphatic hydroxyl groups is 2. The van der Waals surface area contributed by atoms with Gasteiger partial charge in [-0.3, -0.25) is 0 Å². The van der Waals surface area contributed by atoms with Crippen LogP contribution in [0.1, 0.15) is 79.2 Å². The highest BCUT2D eigenvalue weighted by Gasteiger charge is 2.52. The van der Waals surface area contributed by atoms with Crippen LogP contribution in [0.3, 0.4) is 0 Å². The summed E-state index contributed by atoms with van der Waals surface area (Å²) in [5.41, 5.74) is 1.26. The third-order valence-corrected chi connectivity index (χ3v) is 6.79. The van der Waals surface area contributed by atoms with Crippen LogP contribution in [-0.2, 0) is 6.18 Å². The molecule has 0 radical (unpaired) electrons. The quantitative estimate of drug-likeness (QED) is 0.415. The molecule has 1 spiro atoms. The first-order valence-electron chi connectivity index (χ1n) is 11.5. The maximum absolute atomic E-state index is 13.8. The van der Waals surface area contributed by atoms with Crippen molar-refractivity contribution in [2.75, 3.05) is 0 Å². The number of benzene rings is 2. The van der Waals surface area contributed by atoms with Crippen LogP contribution in [-0.4, -0.2) is 20.8 Å². The molecule has 4 nitrogen and oxygen atoms in total. The lowest BCUT2D eigenvalue weighted by atomic mass is 9.83. The second kappa shape index (κ2) is 8.31. The molecule has 1 saturated carbocycles. The van der Waals surface area contributed by atoms with Crippen molar-refractivity contribution in [2.24, 2.45) is 0 Å². The van der Waals surface area contributed by atoms with Crippen molar-refractivity contribution < 1.29 is 32.5 Å². The number of halogens is 4. The van der Waals surface area contributed by atoms with Gasteiger partial charge in [-0.05, 0) is 54.2 Å². The Labute approximate surface area is 200 Å². The molecule has 5 rings (SSSR count). The van der Waals surface area contributed by atoms with Crippen molar-refractivity contribution in [3.05, 3.63) is 82.3 Å². The van der Waals surface area contributed by atoms with Crippen LogP contribution in [0.2, 0.25) is 0 Å². The van der Waals surface area contributed by atoms with Gasteiger partial charge < -0.3 is 14.9 Å². The number of fused-ring (bicyclic) bond motifs is 1. The summed E-state index contributed by atoms with van der Waals surface area (Å²) >= 11 is 0. The predicted molar refractivity (Wildman–Crippen MR) is 121 cm³/mol. The molecule has 8 heteroatoms. The van der Waals surface area contributed by atoms with Gasteiger partial charge in [-0.2, -0.15) is 13.2 Å². The van der Waals surface area contributed by atoms with Crippen molar-refractivity contribution in [1.29, 1.82) is 0 Å². The van der Waals surface area contributed by atoms with Crippen LogP contribution in [0.5, 0.6) is 5.88 Å². The molecule has 3 aromatic rings. The first-order chi connectivity index (χ1) is 16.5. The van der Waals surface area contributed by atoms with E-state index in [4.69, 9.17) is 9.72 Å². The number of rotatable bonds is 4. The van der Waals surface area contributed by atoms with Gasteiger partial charge in [0.25, 0.3) is 0 Å². The van der Waals surface area contributed by atoms with Crippen molar-refractivity contribution in [1.82, 2.24) is 4.98 Å². The SMILES string of the molecule is CC(C)c1nc2c(c(-c3ccc(F)cc3)c1[C@@H](O)c1ccc(C(F)(F)F)cc1)[C@@H](O)CC1(CC1)O2. The third-order valence-electron chi connectivity index (χ3n) is 6.79. The smallest absolute Gasteiger partial charge is 0.416 e. The Morgan fingerprint density at radius 2 is 1.66 bits per heavy atom. The molecule has 2 heterocycles. The zero-order valence-electron chi connectivity index (χ0n) is 19.2. The van der Waals surface area contributed by atoms with E-state index in [0.29, 0.717) is 34.4 Å². The van der Waals surface area contributed by atoms with Crippen LogP contribution in [0.4, 0.5) is 17.6 Å². The number of hydrogen-bond donors (Lipinski definition) is 2. The lowest BCUT2D eigenvalue weighted by Gasteiger charge is -2.34. The average molecular weight is 487 g/mol. The van der Waals surface area contributed by atoms with Crippen molar-refractivity contribution in [3.8, 4) is 17.0 Å². The summed E-state index contributed by atoms with van der Waals surface area (Å²) in [7, 11) is 0. The lowest BCUT2D eigenvalue weighted by Crippen LogP contribution is -2.30. The fourth-order valence-electron chi connectivity index (χ4n) is 4.81. The van der Waals surface area contributed by atoms with E-state index in [1.165, 1.54) is 24.3 Å². The van der Waals surface area contributed by atoms with E-state index in [1.54, 1.807) is 12.1 Å². The van der Waals surface area contributed by atoms with Crippen LogP contribution >= 0.6 is 0 Å². The molecule has 35 heavy (non-hydrogen) atoms. The first-order valence-corrected chi connectivity index (χ1v) is 11.5. The fourth-order valence-corrected chi connectivity index (χ4v) is 4.81. The molecular weight excluding hydrogens is 462 g/mol. The molecule has 0 bridgehead atoms. The molecule has 2 N–H and O–H groups in total. The topological polar surface area (TPSA) is 62.6 Å². The van der Waals surface area contributed by atoms with Crippen LogP contribution in [0.25, 0.3) is 11.1 Å². The van der Waals surface area contributed by atoms with Gasteiger partial charge in [0.15, 0.2) is 0 Å². The monoisotopic (exact) mass is 487 g/mol. The second-order valence-corrected chi connectivity index (χ2v) is 9.69. The van der Waals surface area contributed by atoms with Gasteiger partial charge in [0.2, 0.25) is 5.88 Å². The highest BCUT2D eigenvalue weighted by Crippen LogP contribution is 2.55. The Morgan fingerprint density at radius 1 is 1.03 bits per heavy atom. The summed E-state index contributed by atoms with van der Waals surface area (Å²) in [5.74, 6) is -0.344. The van der Waals surface area contributed by atoms with E-state index < -0.39 is 35.4 Å². The largest absolute Gasteiger partial charge is 0.471 e. The Morgan fingerprint density at radius 3 is 2.20 bits per heavy atom. The highest BCUT2D eigenvalue weighted by molar-refractivity contribution is 5.76. The van der Waals surface area contributed by atoms with Gasteiger partial charge in [-0.1, -0.05) is 38.1 Å². The summed E-state index contributed by atoms with van der Waals surface area (Å²) in [5, 5.41) is 22.7. The molecule has 1 aromatic heterocycles. The molecule has 2 aliphatic rings. The summed E-state index contributed by atoms with van der Waals surface area (Å²) in [6, 6.07) is 9.97. The number of ether oxygens (including phenoxy) is 1. The Kier molecular flexibility index (Phi) is 5.64. The molecule has 1 aliphatic carbocycles. The molecule has 0 amide bonds. The maximum Gasteiger partial charge on any atom is 0.416 e. The van der Waals surface area contributed by atoms with E-state index in [0.717, 1.165) is 25.0 Å². The van der Waals surface area contributed by atoms with Crippen LogP contribution < -0.4 is 4.74 Å². The zero-order valence-corrected chi connectivity index (χ0v) is 19.2. The van der Waals surface area contributed by atoms with E-state index in [-0.39, 0.29) is 17.4 Å². The minimum Gasteiger partial charge on any atom is -0.471 e. The summed E-state index contributed by atoms with van der Waals surface area (Å²) < 4.78 is 59.2. The van der Waals surface area contributed by atoms with Gasteiger partial charge >= 0.3 is 6.18 Å². The number of aromatic nitrogens is 1. The molecule has 0 saturated heterocycles. The molecule has 0 unspecified atom stereocenters. The maximum atomic E-state index is 13.8. The molecule has 1 aliphatic heterocycles. The normalized spacial score (nSPS) is 19.4. The minimum absolute atomic E-state index is 0.184. The van der Waals surface area contributed by atoms with E-state index in [1.807, 2.05) is 13.8 Å². The molecular formula is C27H25F4NO3. The van der Waals surface area contributed by atoms with Crippen LogP contribution in [0.15, 0.2) is 48.5 Å². The molecule has 184 valence electrons. The van der Waals surface area contributed by atoms with Gasteiger partial charge in [0.05, 0.1) is 22.9 Å². The number of pyridine rings is 1. The average Bonchev–Trinajstić information content (AvgIpc) is 3.55. The highest BCUT2D eigenvalue weighted by atomic mass is 19.4. The van der Waals surface area contributed by atoms with Gasteiger partial charge in [-0.15, -0.1) is 0 Å². The molecule has 2 atom stereocenters. The zero-order chi connectivity index (χ0) is 25.1. The standard InChI is InChI=1S/C27H25F4NO3/c1-14(2)23-22(24(34)16-3-7-17(8-4-16)27(29,30)31)20(15-5-9-18(28)10-6-15)21-19(33)13-26(11-12-26)35-25(21)32-23/h3-10,14,19,24,33-34H,11-13H2,1-2H3/t19-,24-/m0/s1. The van der Waals surface area contributed by atoms with E-state index >= 15 is 0 Å². The molecule has 2 aromatic carbocycles. The third kappa shape index (κ3) is 4.29. The first kappa shape index (κ1) is 23.8. The minimum atomic E-state index is -4.50. The fraction of sp³-hybridized carbons (Fsp3) is 0.370. The summed E-state index contributed by atoms with van der Waals surface area (Å²) in [6.45, 7) is 3.77. The Balaban J connectivity index is 1.74. The number of aliphatic hydroxyl groups excluding tert-OH is 2. The summed E-state index contributed by atoms with van der Waals surface area (Å²) in [4.78, 5) is 4.71. The Bertz CT molecular complexity index is 1250. The predicted octanol–water partition coefficient (Wildman–Crippen LogP) is 6.46. The molecule has 1 fully saturated rings. The van der Waals surface area contributed by atoms with E-state index in [9.17, 15) is 27.8 Å². The number of nitrogens with zero attached hydrogens (tertiary/aromatic N) is 1. The van der Waals surface area contributed by atoms with Crippen molar-refractivity contribution in [2.45, 2.75) is 63.0 Å².